The van der Waals surface area contributed by atoms with Crippen LogP contribution in [0.2, 0.25) is 0 Å². The fraction of sp³-hybridized carbons (Fsp3) is 0.341. The minimum Gasteiger partial charge on any atom is -0.508 e. The maximum Gasteiger partial charge on any atom is 0.254 e. The second kappa shape index (κ2) is 20.0. The third kappa shape index (κ3) is 10.9. The van der Waals surface area contributed by atoms with Crippen LogP contribution >= 0.6 is 0 Å². The molecule has 0 fully saturated rings. The number of likely N-dealkylation sites (N-methyl/N-ethyl adjacent to an activating group) is 1. The number of imide groups is 1. The molecule has 0 unspecified atom stereocenters. The number of fused-ring (bicyclic) bond motifs is 1. The number of aliphatic hydroxyl groups excluding tert-OH is 1. The van der Waals surface area contributed by atoms with Crippen LogP contribution in [-0.2, 0) is 43.2 Å². The van der Waals surface area contributed by atoms with Gasteiger partial charge in [-0.15, -0.1) is 0 Å². The van der Waals surface area contributed by atoms with Gasteiger partial charge in [0, 0.05) is 25.6 Å². The summed E-state index contributed by atoms with van der Waals surface area (Å²) < 4.78 is 0. The Bertz CT molecular complexity index is 1880. The first-order valence-corrected chi connectivity index (χ1v) is 18.0. The highest BCUT2D eigenvalue weighted by Gasteiger charge is 2.40. The van der Waals surface area contributed by atoms with Gasteiger partial charge >= 0.3 is 0 Å². The van der Waals surface area contributed by atoms with E-state index in [1.54, 1.807) is 36.4 Å². The van der Waals surface area contributed by atoms with Gasteiger partial charge in [0.25, 0.3) is 11.8 Å². The normalized spacial score (nSPS) is 13.3. The van der Waals surface area contributed by atoms with Crippen LogP contribution in [0.15, 0.2) is 91.0 Å². The molecule has 0 spiro atoms. The van der Waals surface area contributed by atoms with Gasteiger partial charge in [-0.25, -0.2) is 0 Å². The lowest BCUT2D eigenvalue weighted by Crippen LogP contribution is -2.61. The molecule has 54 heavy (non-hydrogen) atoms. The minimum absolute atomic E-state index is 0.00697. The maximum atomic E-state index is 14.7. The molecule has 0 saturated heterocycles. The largest absolute Gasteiger partial charge is 0.508 e. The summed E-state index contributed by atoms with van der Waals surface area (Å²) in [7, 11) is 1.44. The smallest absolute Gasteiger partial charge is 0.254 e. The van der Waals surface area contributed by atoms with Gasteiger partial charge in [-0.3, -0.25) is 24.1 Å². The number of nitrogens with two attached hydrogens (primary N) is 3. The van der Waals surface area contributed by atoms with Crippen LogP contribution in [0.5, 0.6) is 5.75 Å². The number of hydrogen-bond acceptors (Lipinski definition) is 10. The van der Waals surface area contributed by atoms with E-state index in [1.165, 1.54) is 24.1 Å². The molecule has 13 heteroatoms. The number of aryl methyl sites for hydroxylation is 1. The van der Waals surface area contributed by atoms with Crippen molar-refractivity contribution in [3.05, 3.63) is 108 Å². The Morgan fingerprint density at radius 1 is 0.852 bits per heavy atom. The molecule has 4 rings (SSSR count). The van der Waals surface area contributed by atoms with Crippen molar-refractivity contribution in [1.82, 2.24) is 15.1 Å². The molecular formula is C41H50N6O7. The lowest BCUT2D eigenvalue weighted by atomic mass is 9.98. The van der Waals surface area contributed by atoms with Crippen LogP contribution in [0.4, 0.5) is 5.69 Å². The van der Waals surface area contributed by atoms with Crippen LogP contribution < -0.4 is 22.5 Å². The van der Waals surface area contributed by atoms with Crippen molar-refractivity contribution in [3.63, 3.8) is 0 Å². The minimum atomic E-state index is -1.64. The zero-order chi connectivity index (χ0) is 39.2. The van der Waals surface area contributed by atoms with Crippen molar-refractivity contribution >= 4 is 46.4 Å². The number of anilines is 1. The zero-order valence-electron chi connectivity index (χ0n) is 30.5. The lowest BCUT2D eigenvalue weighted by molar-refractivity contribution is -0.157. The third-order valence-electron chi connectivity index (χ3n) is 9.49. The van der Waals surface area contributed by atoms with Crippen LogP contribution in [0, 0.1) is 0 Å². The van der Waals surface area contributed by atoms with Crippen molar-refractivity contribution in [2.24, 2.45) is 11.5 Å². The number of rotatable bonds is 19. The van der Waals surface area contributed by atoms with E-state index in [4.69, 9.17) is 17.2 Å². The Hall–Kier alpha value is -5.63. The Morgan fingerprint density at radius 2 is 1.52 bits per heavy atom. The highest BCUT2D eigenvalue weighted by molar-refractivity contribution is 6.04. The van der Waals surface area contributed by atoms with E-state index in [9.17, 15) is 34.2 Å². The highest BCUT2D eigenvalue weighted by Crippen LogP contribution is 2.22. The van der Waals surface area contributed by atoms with Crippen LogP contribution in [0.1, 0.15) is 42.4 Å². The molecule has 4 amide bonds. The average molecular weight is 739 g/mol. The number of aldehydes is 1. The van der Waals surface area contributed by atoms with Crippen molar-refractivity contribution in [2.75, 3.05) is 25.9 Å². The van der Waals surface area contributed by atoms with E-state index in [1.807, 2.05) is 42.5 Å². The summed E-state index contributed by atoms with van der Waals surface area (Å²) in [4.78, 5) is 70.8. The van der Waals surface area contributed by atoms with Crippen molar-refractivity contribution in [2.45, 2.75) is 69.1 Å². The highest BCUT2D eigenvalue weighted by atomic mass is 16.3. The number of phenolic OH excluding ortho intramolecular Hbond substituents is 1. The van der Waals surface area contributed by atoms with E-state index in [2.05, 4.69) is 5.32 Å². The number of benzene rings is 4. The molecule has 0 radical (unpaired) electrons. The second-order valence-electron chi connectivity index (χ2n) is 13.4. The lowest BCUT2D eigenvalue weighted by Gasteiger charge is -2.36. The van der Waals surface area contributed by atoms with Gasteiger partial charge in [0.2, 0.25) is 11.8 Å². The van der Waals surface area contributed by atoms with Gasteiger partial charge in [0.15, 0.2) is 0 Å². The molecule has 0 saturated carbocycles. The van der Waals surface area contributed by atoms with Crippen molar-refractivity contribution in [1.29, 1.82) is 0 Å². The van der Waals surface area contributed by atoms with E-state index in [0.29, 0.717) is 43.3 Å². The molecule has 0 aromatic heterocycles. The molecule has 4 aromatic carbocycles. The number of aromatic hydroxyl groups is 1. The van der Waals surface area contributed by atoms with Crippen LogP contribution in [-0.4, -0.2) is 94.3 Å². The van der Waals surface area contributed by atoms with Gasteiger partial charge < -0.3 is 42.4 Å². The van der Waals surface area contributed by atoms with Crippen LogP contribution in [0.3, 0.4) is 0 Å². The van der Waals surface area contributed by atoms with Crippen LogP contribution in [0.25, 0.3) is 10.8 Å². The Labute approximate surface area is 315 Å². The summed E-state index contributed by atoms with van der Waals surface area (Å²) in [6, 6.07) is 21.0. The summed E-state index contributed by atoms with van der Waals surface area (Å²) in [5.74, 6) is -3.07. The SMILES string of the molecule is CN(C(=O)CCc1ccc(N)cc1)[C@@H](Cc1ccc(O)cc1)C(=O)N(C(=O)[C@H](CO)NC(=O)[C@@H](N)Cc1cccc2ccccc12)[C@@H](C=O)CCCCN. The molecular weight excluding hydrogens is 688 g/mol. The van der Waals surface area contributed by atoms with Crippen molar-refractivity contribution < 1.29 is 34.2 Å². The standard InChI is InChI=1S/C41H50N6O7/c1-46(38(51)21-16-27-12-17-31(43)18-13-27)37(23-28-14-19-33(50)20-15-28)41(54)47(32(25-48)10-4-5-22-42)40(53)36(26-49)45-39(52)35(44)24-30-9-6-8-29-7-2-3-11-34(29)30/h2-3,6-9,11-15,17-20,25,32,35-37,49-50H,4-5,10,16,21-24,26,42-44H2,1H3,(H,45,52)/t32-,35+,36+,37+/m1/s1. The number of nitrogens with one attached hydrogen (secondary N) is 1. The monoisotopic (exact) mass is 738 g/mol. The fourth-order valence-electron chi connectivity index (χ4n) is 6.32. The first-order chi connectivity index (χ1) is 26.0. The molecule has 4 aromatic rings. The summed E-state index contributed by atoms with van der Waals surface area (Å²) >= 11 is 0. The third-order valence-corrected chi connectivity index (χ3v) is 9.49. The summed E-state index contributed by atoms with van der Waals surface area (Å²) in [5, 5.41) is 24.7. The van der Waals surface area contributed by atoms with Crippen molar-refractivity contribution in [3.8, 4) is 5.75 Å². The van der Waals surface area contributed by atoms with Gasteiger partial charge in [0.05, 0.1) is 18.7 Å². The molecule has 0 bridgehead atoms. The molecule has 13 nitrogen and oxygen atoms in total. The Morgan fingerprint density at radius 3 is 2.19 bits per heavy atom. The van der Waals surface area contributed by atoms with E-state index < -0.39 is 54.4 Å². The molecule has 0 aliphatic carbocycles. The van der Waals surface area contributed by atoms with Gasteiger partial charge in [-0.2, -0.15) is 0 Å². The molecule has 0 aliphatic rings. The summed E-state index contributed by atoms with van der Waals surface area (Å²) in [6.45, 7) is -0.588. The Balaban J connectivity index is 1.63. The molecule has 4 atom stereocenters. The molecule has 0 aliphatic heterocycles. The van der Waals surface area contributed by atoms with E-state index >= 15 is 0 Å². The predicted molar refractivity (Wildman–Crippen MR) is 207 cm³/mol. The number of carbonyl (C=O) groups is 5. The predicted octanol–water partition coefficient (Wildman–Crippen LogP) is 2.23. The number of hydrogen-bond donors (Lipinski definition) is 6. The number of unbranched alkanes of at least 4 members (excludes halogenated alkanes) is 1. The van der Waals surface area contributed by atoms with Gasteiger partial charge in [0.1, 0.15) is 24.1 Å². The average Bonchev–Trinajstić information content (AvgIpc) is 3.18. The molecule has 9 N–H and O–H groups in total. The first kappa shape index (κ1) is 41.1. The summed E-state index contributed by atoms with van der Waals surface area (Å²) in [5.41, 5.74) is 20.6. The van der Waals surface area contributed by atoms with Gasteiger partial charge in [-0.1, -0.05) is 66.7 Å². The molecule has 0 heterocycles. The van der Waals surface area contributed by atoms with E-state index in [0.717, 1.165) is 26.8 Å². The topological polar surface area (TPSA) is 222 Å². The van der Waals surface area contributed by atoms with E-state index in [-0.39, 0.29) is 31.4 Å². The first-order valence-electron chi connectivity index (χ1n) is 18.0. The quantitative estimate of drug-likeness (QED) is 0.0468. The van der Waals surface area contributed by atoms with Gasteiger partial charge in [-0.05, 0) is 90.4 Å². The number of nitrogen functional groups attached to an aromatic ring is 1. The molecule has 286 valence electrons. The number of carbonyl (C=O) groups excluding carboxylic acids is 5. The second-order valence-corrected chi connectivity index (χ2v) is 13.4. The Kier molecular flexibility index (Phi) is 15.2. The number of amides is 4. The zero-order valence-corrected chi connectivity index (χ0v) is 30.5. The number of phenols is 1. The maximum absolute atomic E-state index is 14.7. The number of aliphatic hydroxyl groups is 1. The summed E-state index contributed by atoms with van der Waals surface area (Å²) in [6.07, 6.45) is 1.84. The number of nitrogens with zero attached hydrogens (tertiary/aromatic N) is 2. The fourth-order valence-corrected chi connectivity index (χ4v) is 6.32.